The first-order valence-electron chi connectivity index (χ1n) is 28.5. The number of hydrogen-bond donors (Lipinski definition) is 0. The van der Waals surface area contributed by atoms with Crippen molar-refractivity contribution in [3.63, 3.8) is 0 Å². The largest absolute Gasteiger partial charge is 0.462 e. The van der Waals surface area contributed by atoms with Gasteiger partial charge in [-0.25, -0.2) is 0 Å². The van der Waals surface area contributed by atoms with Crippen molar-refractivity contribution >= 4 is 11.9 Å². The Bertz CT molecular complexity index is 1180. The second-order valence-corrected chi connectivity index (χ2v) is 18.8. The molecule has 0 N–H and O–H groups in total. The Hall–Kier alpha value is -2.66. The van der Waals surface area contributed by atoms with Gasteiger partial charge >= 0.3 is 11.9 Å². The minimum atomic E-state index is -0.562. The first kappa shape index (κ1) is 63.3. The van der Waals surface area contributed by atoms with Crippen molar-refractivity contribution in [3.8, 4) is 0 Å². The summed E-state index contributed by atoms with van der Waals surface area (Å²) < 4.78 is 17.4. The van der Waals surface area contributed by atoms with E-state index in [1.807, 2.05) is 0 Å². The van der Waals surface area contributed by atoms with Gasteiger partial charge in [-0.2, -0.15) is 0 Å². The van der Waals surface area contributed by atoms with E-state index in [0.717, 1.165) is 83.5 Å². The van der Waals surface area contributed by atoms with Crippen LogP contribution in [-0.2, 0) is 23.8 Å². The van der Waals surface area contributed by atoms with Crippen LogP contribution >= 0.6 is 0 Å². The standard InChI is InChI=1S/C61H108O5/c1-4-7-10-13-16-19-22-25-28-30-32-35-38-41-44-47-50-53-56-64-57-59(66-61(63)55-52-49-46-43-40-37-33-27-24-21-18-15-12-9-6-3)58-65-60(62)54-51-48-45-42-39-36-34-31-29-26-23-20-17-14-11-8-5-2/h9,12,17-18,20-21,26-27,29,33,40,43,59H,4-8,10-11,13-16,19,22-25,28,30-32,34-39,41-42,44-58H2,1-3H3/b12-9-,20-17-,21-18-,29-26-,33-27-,43-40-. The van der Waals surface area contributed by atoms with Crippen LogP contribution in [0.2, 0.25) is 0 Å². The molecular formula is C61H108O5. The minimum Gasteiger partial charge on any atom is -0.462 e. The smallest absolute Gasteiger partial charge is 0.306 e. The molecule has 0 aromatic heterocycles. The van der Waals surface area contributed by atoms with Crippen LogP contribution in [0, 0.1) is 0 Å². The van der Waals surface area contributed by atoms with Gasteiger partial charge in [0.1, 0.15) is 6.61 Å². The van der Waals surface area contributed by atoms with Crippen molar-refractivity contribution in [2.24, 2.45) is 0 Å². The monoisotopic (exact) mass is 921 g/mol. The van der Waals surface area contributed by atoms with Gasteiger partial charge in [0.2, 0.25) is 0 Å². The highest BCUT2D eigenvalue weighted by molar-refractivity contribution is 5.70. The molecule has 66 heavy (non-hydrogen) atoms. The van der Waals surface area contributed by atoms with E-state index in [1.54, 1.807) is 0 Å². The molecule has 0 saturated heterocycles. The number of ether oxygens (including phenoxy) is 3. The maximum absolute atomic E-state index is 12.8. The van der Waals surface area contributed by atoms with Crippen molar-refractivity contribution in [3.05, 3.63) is 72.9 Å². The van der Waals surface area contributed by atoms with Crippen molar-refractivity contribution in [2.45, 2.75) is 284 Å². The van der Waals surface area contributed by atoms with Crippen LogP contribution in [0.25, 0.3) is 0 Å². The molecule has 0 aliphatic heterocycles. The summed E-state index contributed by atoms with van der Waals surface area (Å²) in [6.07, 6.45) is 73.5. The molecule has 0 saturated carbocycles. The van der Waals surface area contributed by atoms with Crippen molar-refractivity contribution in [1.82, 2.24) is 0 Å². The van der Waals surface area contributed by atoms with Crippen LogP contribution in [0.1, 0.15) is 278 Å². The molecule has 0 aliphatic rings. The second-order valence-electron chi connectivity index (χ2n) is 18.8. The number of rotatable bonds is 52. The minimum absolute atomic E-state index is 0.0648. The normalized spacial score (nSPS) is 12.7. The topological polar surface area (TPSA) is 61.8 Å². The molecule has 0 spiro atoms. The fraction of sp³-hybridized carbons (Fsp3) is 0.770. The molecule has 5 nitrogen and oxygen atoms in total. The molecule has 1 atom stereocenters. The molecular weight excluding hydrogens is 813 g/mol. The maximum Gasteiger partial charge on any atom is 0.306 e. The fourth-order valence-corrected chi connectivity index (χ4v) is 8.00. The summed E-state index contributed by atoms with van der Waals surface area (Å²) in [6.45, 7) is 7.67. The molecule has 0 heterocycles. The van der Waals surface area contributed by atoms with E-state index < -0.39 is 6.10 Å². The molecule has 1 unspecified atom stereocenters. The summed E-state index contributed by atoms with van der Waals surface area (Å²) in [5.41, 5.74) is 0. The maximum atomic E-state index is 12.8. The second kappa shape index (κ2) is 56.7. The van der Waals surface area contributed by atoms with Gasteiger partial charge in [0, 0.05) is 19.4 Å². The Morgan fingerprint density at radius 2 is 0.682 bits per heavy atom. The predicted octanol–water partition coefficient (Wildman–Crippen LogP) is 19.5. The van der Waals surface area contributed by atoms with Gasteiger partial charge in [0.25, 0.3) is 0 Å². The van der Waals surface area contributed by atoms with E-state index in [9.17, 15) is 9.59 Å². The molecule has 0 aromatic rings. The summed E-state index contributed by atoms with van der Waals surface area (Å²) in [7, 11) is 0. The van der Waals surface area contributed by atoms with Crippen LogP contribution in [0.4, 0.5) is 0 Å². The summed E-state index contributed by atoms with van der Waals surface area (Å²) in [5.74, 6) is -0.445. The lowest BCUT2D eigenvalue weighted by Gasteiger charge is -2.18. The third-order valence-corrected chi connectivity index (χ3v) is 12.2. The zero-order valence-corrected chi connectivity index (χ0v) is 44.0. The molecule has 0 amide bonds. The van der Waals surface area contributed by atoms with E-state index in [0.29, 0.717) is 19.4 Å². The van der Waals surface area contributed by atoms with Gasteiger partial charge in [-0.1, -0.05) is 248 Å². The van der Waals surface area contributed by atoms with Crippen molar-refractivity contribution in [2.75, 3.05) is 19.8 Å². The molecule has 0 aromatic carbocycles. The third-order valence-electron chi connectivity index (χ3n) is 12.2. The summed E-state index contributed by atoms with van der Waals surface area (Å²) in [6, 6.07) is 0. The third kappa shape index (κ3) is 54.0. The molecule has 382 valence electrons. The van der Waals surface area contributed by atoms with Crippen molar-refractivity contribution < 1.29 is 23.8 Å². The quantitative estimate of drug-likeness (QED) is 0.0346. The highest BCUT2D eigenvalue weighted by Crippen LogP contribution is 2.16. The zero-order chi connectivity index (χ0) is 47.7. The number of carbonyl (C=O) groups is 2. The molecule has 5 heteroatoms. The average molecular weight is 922 g/mol. The van der Waals surface area contributed by atoms with E-state index in [2.05, 4.69) is 93.7 Å². The van der Waals surface area contributed by atoms with Crippen LogP contribution in [0.15, 0.2) is 72.9 Å². The first-order chi connectivity index (χ1) is 32.6. The fourth-order valence-electron chi connectivity index (χ4n) is 8.00. The molecule has 0 rings (SSSR count). The lowest BCUT2D eigenvalue weighted by atomic mass is 10.0. The predicted molar refractivity (Wildman–Crippen MR) is 288 cm³/mol. The summed E-state index contributed by atoms with van der Waals surface area (Å²) in [4.78, 5) is 25.5. The molecule has 0 bridgehead atoms. The van der Waals surface area contributed by atoms with Gasteiger partial charge in [0.05, 0.1) is 6.61 Å². The van der Waals surface area contributed by atoms with Gasteiger partial charge in [-0.15, -0.1) is 0 Å². The van der Waals surface area contributed by atoms with Gasteiger partial charge < -0.3 is 14.2 Å². The Morgan fingerprint density at radius 1 is 0.348 bits per heavy atom. The number of esters is 2. The van der Waals surface area contributed by atoms with Crippen LogP contribution in [0.3, 0.4) is 0 Å². The number of allylic oxidation sites excluding steroid dienone is 12. The number of unbranched alkanes of at least 4 members (excludes halogenated alkanes) is 29. The van der Waals surface area contributed by atoms with E-state index >= 15 is 0 Å². The average Bonchev–Trinajstić information content (AvgIpc) is 3.32. The Balaban J connectivity index is 4.31. The number of hydrogen-bond acceptors (Lipinski definition) is 5. The van der Waals surface area contributed by atoms with Crippen LogP contribution in [0.5, 0.6) is 0 Å². The molecule has 0 fully saturated rings. The zero-order valence-electron chi connectivity index (χ0n) is 44.0. The Morgan fingerprint density at radius 3 is 1.15 bits per heavy atom. The van der Waals surface area contributed by atoms with Gasteiger partial charge in [0.15, 0.2) is 6.10 Å². The van der Waals surface area contributed by atoms with Gasteiger partial charge in [-0.3, -0.25) is 9.59 Å². The van der Waals surface area contributed by atoms with Crippen LogP contribution < -0.4 is 0 Å². The Labute approximate surface area is 410 Å². The van der Waals surface area contributed by atoms with E-state index in [1.165, 1.54) is 161 Å². The van der Waals surface area contributed by atoms with Crippen molar-refractivity contribution in [1.29, 1.82) is 0 Å². The highest BCUT2D eigenvalue weighted by atomic mass is 16.6. The summed E-state index contributed by atoms with van der Waals surface area (Å²) >= 11 is 0. The molecule has 0 radical (unpaired) electrons. The lowest BCUT2D eigenvalue weighted by molar-refractivity contribution is -0.163. The molecule has 0 aliphatic carbocycles. The summed E-state index contributed by atoms with van der Waals surface area (Å²) in [5, 5.41) is 0. The van der Waals surface area contributed by atoms with E-state index in [-0.39, 0.29) is 25.2 Å². The Kier molecular flexibility index (Phi) is 54.4. The van der Waals surface area contributed by atoms with E-state index in [4.69, 9.17) is 14.2 Å². The number of carbonyl (C=O) groups excluding carboxylic acids is 2. The SMILES string of the molecule is CC/C=C\C/C=C\C/C=C\C/C=C\CCCCC(=O)OC(COCCCCCCCCCCCCCCCCCCCC)COC(=O)CCCCCCCCC/C=C\C/C=C\CCCCC. The highest BCUT2D eigenvalue weighted by Gasteiger charge is 2.17. The lowest BCUT2D eigenvalue weighted by Crippen LogP contribution is -2.30. The van der Waals surface area contributed by atoms with Crippen LogP contribution in [-0.4, -0.2) is 37.9 Å². The van der Waals surface area contributed by atoms with Gasteiger partial charge in [-0.05, 0) is 89.9 Å². The first-order valence-corrected chi connectivity index (χ1v) is 28.5.